The molecule has 0 N–H and O–H groups in total. The summed E-state index contributed by atoms with van der Waals surface area (Å²) in [7, 11) is 1.87. The van der Waals surface area contributed by atoms with Gasteiger partial charge in [0.25, 0.3) is 0 Å². The minimum Gasteiger partial charge on any atom is -0.374 e. The zero-order valence-corrected chi connectivity index (χ0v) is 7.71. The average Bonchev–Trinajstić information content (AvgIpc) is 2.16. The maximum Gasteiger partial charge on any atom is 0.124 e. The van der Waals surface area contributed by atoms with Crippen molar-refractivity contribution in [2.24, 2.45) is 0 Å². The first-order valence-electron chi connectivity index (χ1n) is 4.09. The van der Waals surface area contributed by atoms with E-state index in [-0.39, 0.29) is 5.82 Å². The lowest BCUT2D eigenvalue weighted by Crippen LogP contribution is -2.16. The van der Waals surface area contributed by atoms with E-state index >= 15 is 0 Å². The molecule has 0 amide bonds. The van der Waals surface area contributed by atoms with E-state index in [1.54, 1.807) is 6.07 Å². The summed E-state index contributed by atoms with van der Waals surface area (Å²) in [5.74, 6) is -0.371. The number of halogens is 1. The van der Waals surface area contributed by atoms with Crippen molar-refractivity contribution in [2.75, 3.05) is 18.5 Å². The average molecular weight is 178 g/mol. The van der Waals surface area contributed by atoms with Crippen molar-refractivity contribution >= 4 is 5.69 Å². The fraction of sp³-hybridized carbons (Fsp3) is 0.300. The number of hydrogen-bond acceptors (Lipinski definition) is 2. The molecule has 2 nitrogen and oxygen atoms in total. The summed E-state index contributed by atoms with van der Waals surface area (Å²) in [6.07, 6.45) is 0. The molecule has 1 rings (SSSR count). The smallest absolute Gasteiger partial charge is 0.124 e. The Labute approximate surface area is 77.2 Å². The molecule has 0 aromatic heterocycles. The molecule has 0 radical (unpaired) electrons. The third-order valence-electron chi connectivity index (χ3n) is 1.96. The summed E-state index contributed by atoms with van der Waals surface area (Å²) in [6, 6.07) is 6.21. The van der Waals surface area contributed by atoms with Crippen LogP contribution >= 0.6 is 0 Å². The van der Waals surface area contributed by atoms with E-state index in [1.165, 1.54) is 12.1 Å². The number of nitrogens with zero attached hydrogens (tertiary/aromatic N) is 2. The SMILES string of the molecule is CCN(C)c1ccc(F)cc1C#N. The molecule has 0 spiro atoms. The van der Waals surface area contributed by atoms with E-state index in [2.05, 4.69) is 0 Å². The second-order valence-electron chi connectivity index (χ2n) is 2.79. The Morgan fingerprint density at radius 2 is 2.23 bits per heavy atom. The molecule has 0 aliphatic heterocycles. The molecule has 68 valence electrons. The predicted octanol–water partition coefficient (Wildman–Crippen LogP) is 2.15. The lowest BCUT2D eigenvalue weighted by molar-refractivity contribution is 0.627. The van der Waals surface area contributed by atoms with E-state index in [0.717, 1.165) is 12.2 Å². The quantitative estimate of drug-likeness (QED) is 0.693. The topological polar surface area (TPSA) is 27.0 Å². The maximum absolute atomic E-state index is 12.7. The van der Waals surface area contributed by atoms with Gasteiger partial charge in [-0.15, -0.1) is 0 Å². The van der Waals surface area contributed by atoms with Crippen LogP contribution in [0.5, 0.6) is 0 Å². The van der Waals surface area contributed by atoms with Gasteiger partial charge in [-0.05, 0) is 25.1 Å². The van der Waals surface area contributed by atoms with Crippen LogP contribution in [0.4, 0.5) is 10.1 Å². The molecule has 0 aliphatic carbocycles. The lowest BCUT2D eigenvalue weighted by Gasteiger charge is -2.17. The summed E-state index contributed by atoms with van der Waals surface area (Å²) >= 11 is 0. The number of nitriles is 1. The highest BCUT2D eigenvalue weighted by Gasteiger charge is 2.06. The summed E-state index contributed by atoms with van der Waals surface area (Å²) in [4.78, 5) is 1.90. The molecule has 1 aromatic carbocycles. The molecule has 0 saturated carbocycles. The van der Waals surface area contributed by atoms with Crippen LogP contribution in [0.3, 0.4) is 0 Å². The van der Waals surface area contributed by atoms with Gasteiger partial charge < -0.3 is 4.90 Å². The van der Waals surface area contributed by atoms with Gasteiger partial charge >= 0.3 is 0 Å². The number of hydrogen-bond donors (Lipinski definition) is 0. The second-order valence-corrected chi connectivity index (χ2v) is 2.79. The molecule has 13 heavy (non-hydrogen) atoms. The molecular weight excluding hydrogens is 167 g/mol. The van der Waals surface area contributed by atoms with E-state index in [9.17, 15) is 4.39 Å². The van der Waals surface area contributed by atoms with Gasteiger partial charge in [0, 0.05) is 13.6 Å². The van der Waals surface area contributed by atoms with Crippen molar-refractivity contribution in [1.82, 2.24) is 0 Å². The van der Waals surface area contributed by atoms with Crippen LogP contribution in [0, 0.1) is 17.1 Å². The van der Waals surface area contributed by atoms with E-state index in [1.807, 2.05) is 24.9 Å². The minimum absolute atomic E-state index is 0.371. The molecule has 0 fully saturated rings. The van der Waals surface area contributed by atoms with Crippen molar-refractivity contribution in [3.05, 3.63) is 29.6 Å². The summed E-state index contributed by atoms with van der Waals surface area (Å²) in [5, 5.41) is 8.74. The van der Waals surface area contributed by atoms with Crippen molar-refractivity contribution in [3.8, 4) is 6.07 Å². The standard InChI is InChI=1S/C10H11FN2/c1-3-13(2)10-5-4-9(11)6-8(10)7-12/h4-6H,3H2,1-2H3. The molecule has 1 aromatic rings. The molecule has 0 heterocycles. The van der Waals surface area contributed by atoms with E-state index in [4.69, 9.17) is 5.26 Å². The van der Waals surface area contributed by atoms with E-state index < -0.39 is 0 Å². The third kappa shape index (κ3) is 1.97. The van der Waals surface area contributed by atoms with Gasteiger partial charge in [-0.2, -0.15) is 5.26 Å². The maximum atomic E-state index is 12.7. The summed E-state index contributed by atoms with van der Waals surface area (Å²) < 4.78 is 12.7. The molecule has 0 atom stereocenters. The first-order chi connectivity index (χ1) is 6.19. The zero-order valence-electron chi connectivity index (χ0n) is 7.71. The van der Waals surface area contributed by atoms with Crippen LogP contribution in [0.15, 0.2) is 18.2 Å². The molecule has 0 saturated heterocycles. The van der Waals surface area contributed by atoms with Crippen molar-refractivity contribution < 1.29 is 4.39 Å². The molecule has 0 unspecified atom stereocenters. The first-order valence-corrected chi connectivity index (χ1v) is 4.09. The number of anilines is 1. The van der Waals surface area contributed by atoms with Crippen LogP contribution in [-0.2, 0) is 0 Å². The minimum atomic E-state index is -0.371. The predicted molar refractivity (Wildman–Crippen MR) is 50.1 cm³/mol. The molecule has 0 bridgehead atoms. The second kappa shape index (κ2) is 3.90. The van der Waals surface area contributed by atoms with Gasteiger partial charge in [-0.25, -0.2) is 4.39 Å². The monoisotopic (exact) mass is 178 g/mol. The summed E-state index contributed by atoms with van der Waals surface area (Å²) in [6.45, 7) is 2.77. The lowest BCUT2D eigenvalue weighted by atomic mass is 10.2. The van der Waals surface area contributed by atoms with Crippen LogP contribution in [0.25, 0.3) is 0 Å². The Bertz CT molecular complexity index is 341. The zero-order chi connectivity index (χ0) is 9.84. The van der Waals surface area contributed by atoms with Crippen LogP contribution in [0.2, 0.25) is 0 Å². The molecular formula is C10H11FN2. The van der Waals surface area contributed by atoms with E-state index in [0.29, 0.717) is 5.56 Å². The Hall–Kier alpha value is -1.56. The Morgan fingerprint density at radius 1 is 1.54 bits per heavy atom. The number of benzene rings is 1. The van der Waals surface area contributed by atoms with Gasteiger partial charge in [-0.3, -0.25) is 0 Å². The Kier molecular flexibility index (Phi) is 2.86. The van der Waals surface area contributed by atoms with Gasteiger partial charge in [0.1, 0.15) is 11.9 Å². The van der Waals surface area contributed by atoms with Crippen LogP contribution in [0.1, 0.15) is 12.5 Å². The normalized spacial score (nSPS) is 9.38. The van der Waals surface area contributed by atoms with Crippen LogP contribution in [-0.4, -0.2) is 13.6 Å². The number of rotatable bonds is 2. The highest BCUT2D eigenvalue weighted by Crippen LogP contribution is 2.19. The molecule has 0 aliphatic rings. The van der Waals surface area contributed by atoms with Crippen molar-refractivity contribution in [1.29, 1.82) is 5.26 Å². The van der Waals surface area contributed by atoms with Crippen LogP contribution < -0.4 is 4.90 Å². The van der Waals surface area contributed by atoms with Crippen molar-refractivity contribution in [2.45, 2.75) is 6.92 Å². The largest absolute Gasteiger partial charge is 0.374 e. The molecule has 3 heteroatoms. The summed E-state index contributed by atoms with van der Waals surface area (Å²) in [5.41, 5.74) is 1.15. The van der Waals surface area contributed by atoms with Gasteiger partial charge in [0.2, 0.25) is 0 Å². The van der Waals surface area contributed by atoms with Gasteiger partial charge in [0.15, 0.2) is 0 Å². The highest BCUT2D eigenvalue weighted by molar-refractivity contribution is 5.58. The first kappa shape index (κ1) is 9.53. The fourth-order valence-electron chi connectivity index (χ4n) is 1.10. The fourth-order valence-corrected chi connectivity index (χ4v) is 1.10. The van der Waals surface area contributed by atoms with Gasteiger partial charge in [-0.1, -0.05) is 0 Å². The third-order valence-corrected chi connectivity index (χ3v) is 1.96. The van der Waals surface area contributed by atoms with Crippen molar-refractivity contribution in [3.63, 3.8) is 0 Å². The Morgan fingerprint density at radius 3 is 2.77 bits per heavy atom. The highest BCUT2D eigenvalue weighted by atomic mass is 19.1. The van der Waals surface area contributed by atoms with Gasteiger partial charge in [0.05, 0.1) is 11.3 Å². The Balaban J connectivity index is 3.15.